The minimum atomic E-state index is -0.670. The fourth-order valence-corrected chi connectivity index (χ4v) is 4.65. The van der Waals surface area contributed by atoms with E-state index in [1.807, 2.05) is 12.1 Å². The molecule has 0 saturated carbocycles. The minimum Gasteiger partial charge on any atom is -0.493 e. The Bertz CT molecular complexity index is 1200. The van der Waals surface area contributed by atoms with Crippen molar-refractivity contribution in [2.45, 2.75) is 26.0 Å². The Hall–Kier alpha value is -2.81. The average molecular weight is 506 g/mol. The lowest BCUT2D eigenvalue weighted by molar-refractivity contribution is 0.227. The van der Waals surface area contributed by atoms with Gasteiger partial charge in [0.25, 0.3) is 0 Å². The first-order valence-corrected chi connectivity index (χ1v) is 11.6. The molecule has 0 spiro atoms. The summed E-state index contributed by atoms with van der Waals surface area (Å²) < 4.78 is 25.6. The molecule has 34 heavy (non-hydrogen) atoms. The minimum absolute atomic E-state index is 0.0886. The summed E-state index contributed by atoms with van der Waals surface area (Å²) in [5, 5.41) is 3.59. The third-order valence-corrected chi connectivity index (χ3v) is 6.51. The molecule has 3 aromatic rings. The lowest BCUT2D eigenvalue weighted by Gasteiger charge is -2.35. The third-order valence-electron chi connectivity index (χ3n) is 5.80. The van der Waals surface area contributed by atoms with Crippen LogP contribution in [0.3, 0.4) is 0 Å². The Morgan fingerprint density at radius 3 is 2.76 bits per heavy atom. The highest BCUT2D eigenvalue weighted by Gasteiger charge is 2.24. The van der Waals surface area contributed by atoms with Gasteiger partial charge in [0.05, 0.1) is 17.8 Å². The van der Waals surface area contributed by atoms with E-state index < -0.39 is 11.9 Å². The first-order chi connectivity index (χ1) is 16.3. The lowest BCUT2D eigenvalue weighted by Crippen LogP contribution is -2.50. The fourth-order valence-electron chi connectivity index (χ4n) is 3.97. The van der Waals surface area contributed by atoms with Gasteiger partial charge in [-0.15, -0.1) is 0 Å². The van der Waals surface area contributed by atoms with Crippen molar-refractivity contribution in [2.75, 3.05) is 37.4 Å². The van der Waals surface area contributed by atoms with Crippen molar-refractivity contribution in [2.24, 2.45) is 0 Å². The maximum absolute atomic E-state index is 14.0. The number of nitrogens with zero attached hydrogens (tertiary/aromatic N) is 3. The number of nitrogens with one attached hydrogen (secondary N) is 1. The maximum atomic E-state index is 14.0. The van der Waals surface area contributed by atoms with Gasteiger partial charge in [0.1, 0.15) is 11.9 Å². The highest BCUT2D eigenvalue weighted by Crippen LogP contribution is 2.37. The van der Waals surface area contributed by atoms with Gasteiger partial charge in [-0.05, 0) is 44.2 Å². The molecular weight excluding hydrogens is 480 g/mol. The van der Waals surface area contributed by atoms with Crippen molar-refractivity contribution >= 4 is 34.8 Å². The molecule has 0 aliphatic carbocycles. The van der Waals surface area contributed by atoms with Gasteiger partial charge in [0.2, 0.25) is 0 Å². The van der Waals surface area contributed by atoms with Gasteiger partial charge in [-0.3, -0.25) is 0 Å². The molecule has 7 nitrogen and oxygen atoms in total. The number of hydrogen-bond donors (Lipinski definition) is 2. The summed E-state index contributed by atoms with van der Waals surface area (Å²) in [6, 6.07) is 8.41. The summed E-state index contributed by atoms with van der Waals surface area (Å²) >= 11 is 12.4. The predicted octanol–water partition coefficient (Wildman–Crippen LogP) is 5.12. The Balaban J connectivity index is 1.67. The first-order valence-electron chi connectivity index (χ1n) is 10.9. The molecule has 1 saturated heterocycles. The van der Waals surface area contributed by atoms with Crippen molar-refractivity contribution in [3.63, 3.8) is 0 Å². The van der Waals surface area contributed by atoms with Gasteiger partial charge in [0.15, 0.2) is 23.1 Å². The van der Waals surface area contributed by atoms with Crippen LogP contribution in [0.5, 0.6) is 11.5 Å². The monoisotopic (exact) mass is 505 g/mol. The van der Waals surface area contributed by atoms with E-state index >= 15 is 0 Å². The topological polar surface area (TPSA) is 85.5 Å². The van der Waals surface area contributed by atoms with Gasteiger partial charge in [0, 0.05) is 48.0 Å². The number of rotatable bonds is 6. The van der Waals surface area contributed by atoms with Crippen LogP contribution in [0.15, 0.2) is 36.5 Å². The zero-order valence-electron chi connectivity index (χ0n) is 19.1. The van der Waals surface area contributed by atoms with Crippen LogP contribution >= 0.6 is 23.2 Å². The van der Waals surface area contributed by atoms with Crippen LogP contribution in [0.4, 0.5) is 16.0 Å². The maximum Gasteiger partial charge on any atom is 0.172 e. The van der Waals surface area contributed by atoms with E-state index in [1.54, 1.807) is 26.3 Å². The molecule has 4 rings (SSSR count). The SMILES string of the molecule is COc1ccc(-c2cnc(N)c(OC(C)c3c(Cl)ccc(F)c3Cl)c2)nc1N1CCNC[C@@H]1C. The number of hydrogen-bond acceptors (Lipinski definition) is 7. The summed E-state index contributed by atoms with van der Waals surface area (Å²) in [4.78, 5) is 11.4. The molecule has 0 bridgehead atoms. The summed E-state index contributed by atoms with van der Waals surface area (Å²) in [5.74, 6) is 1.38. The Labute approximate surface area is 208 Å². The van der Waals surface area contributed by atoms with Crippen molar-refractivity contribution in [3.05, 3.63) is 58.0 Å². The molecule has 10 heteroatoms. The number of methoxy groups -OCH3 is 1. The molecule has 1 aromatic carbocycles. The summed E-state index contributed by atoms with van der Waals surface area (Å²) in [5.41, 5.74) is 7.81. The van der Waals surface area contributed by atoms with Gasteiger partial charge in [-0.1, -0.05) is 23.2 Å². The Morgan fingerprint density at radius 1 is 1.24 bits per heavy atom. The van der Waals surface area contributed by atoms with Crippen molar-refractivity contribution in [1.29, 1.82) is 0 Å². The van der Waals surface area contributed by atoms with Crippen molar-refractivity contribution in [1.82, 2.24) is 15.3 Å². The number of aromatic nitrogens is 2. The second kappa shape index (κ2) is 10.2. The van der Waals surface area contributed by atoms with Crippen LogP contribution < -0.4 is 25.4 Å². The molecule has 2 atom stereocenters. The smallest absolute Gasteiger partial charge is 0.172 e. The molecule has 1 aliphatic rings. The van der Waals surface area contributed by atoms with E-state index in [0.717, 1.165) is 25.5 Å². The first kappa shape index (κ1) is 24.3. The number of pyridine rings is 2. The number of halogens is 3. The molecule has 3 N–H and O–H groups in total. The van der Waals surface area contributed by atoms with Gasteiger partial charge in [-0.2, -0.15) is 0 Å². The summed E-state index contributed by atoms with van der Waals surface area (Å²) in [7, 11) is 1.63. The Morgan fingerprint density at radius 2 is 2.03 bits per heavy atom. The fraction of sp³-hybridized carbons (Fsp3) is 0.333. The highest BCUT2D eigenvalue weighted by atomic mass is 35.5. The molecule has 180 valence electrons. The number of ether oxygens (including phenoxy) is 2. The average Bonchev–Trinajstić information content (AvgIpc) is 2.83. The van der Waals surface area contributed by atoms with Crippen LogP contribution in [0.25, 0.3) is 11.3 Å². The van der Waals surface area contributed by atoms with E-state index in [2.05, 4.69) is 22.1 Å². The van der Waals surface area contributed by atoms with E-state index in [-0.39, 0.29) is 16.9 Å². The molecule has 0 amide bonds. The molecule has 0 radical (unpaired) electrons. The van der Waals surface area contributed by atoms with E-state index in [1.165, 1.54) is 12.1 Å². The number of piperazine rings is 1. The Kier molecular flexibility index (Phi) is 7.30. The van der Waals surface area contributed by atoms with Crippen LogP contribution in [0.2, 0.25) is 10.0 Å². The molecular formula is C24H26Cl2FN5O2. The van der Waals surface area contributed by atoms with E-state index in [9.17, 15) is 4.39 Å². The van der Waals surface area contributed by atoms with Gasteiger partial charge < -0.3 is 25.4 Å². The quantitative estimate of drug-likeness (QED) is 0.449. The third kappa shape index (κ3) is 4.85. The molecule has 3 heterocycles. The molecule has 1 fully saturated rings. The predicted molar refractivity (Wildman–Crippen MR) is 134 cm³/mol. The standard InChI is InChI=1S/C24H26Cl2FN5O2/c1-13-11-29-8-9-32(13)24-19(33-3)7-6-18(31-24)15-10-20(23(28)30-12-15)34-14(2)21-16(25)4-5-17(27)22(21)26/h4-7,10,12-14,29H,8-9,11H2,1-3H3,(H2,28,30)/t13-,14?/m0/s1. The zero-order valence-corrected chi connectivity index (χ0v) is 20.6. The number of anilines is 2. The van der Waals surface area contributed by atoms with Gasteiger partial charge in [-0.25, -0.2) is 14.4 Å². The summed E-state index contributed by atoms with van der Waals surface area (Å²) in [6.45, 7) is 6.40. The van der Waals surface area contributed by atoms with E-state index in [0.29, 0.717) is 33.3 Å². The summed E-state index contributed by atoms with van der Waals surface area (Å²) in [6.07, 6.45) is 0.963. The molecule has 1 unspecified atom stereocenters. The number of nitrogen functional groups attached to an aromatic ring is 1. The van der Waals surface area contributed by atoms with Crippen molar-refractivity contribution < 1.29 is 13.9 Å². The molecule has 2 aromatic heterocycles. The largest absolute Gasteiger partial charge is 0.493 e. The van der Waals surface area contributed by atoms with Crippen LogP contribution in [0.1, 0.15) is 25.5 Å². The second-order valence-corrected chi connectivity index (χ2v) is 8.88. The highest BCUT2D eigenvalue weighted by molar-refractivity contribution is 6.36. The molecule has 1 aliphatic heterocycles. The van der Waals surface area contributed by atoms with E-state index in [4.69, 9.17) is 43.4 Å². The normalized spacial score (nSPS) is 16.9. The lowest BCUT2D eigenvalue weighted by atomic mass is 10.1. The van der Waals surface area contributed by atoms with Crippen LogP contribution in [0, 0.1) is 5.82 Å². The number of benzene rings is 1. The zero-order chi connectivity index (χ0) is 24.4. The number of nitrogens with two attached hydrogens (primary N) is 1. The van der Waals surface area contributed by atoms with Crippen LogP contribution in [-0.2, 0) is 0 Å². The van der Waals surface area contributed by atoms with Crippen LogP contribution in [-0.4, -0.2) is 42.8 Å². The van der Waals surface area contributed by atoms with Crippen molar-refractivity contribution in [3.8, 4) is 22.8 Å². The second-order valence-electron chi connectivity index (χ2n) is 8.09. The van der Waals surface area contributed by atoms with Gasteiger partial charge >= 0.3 is 0 Å².